The zero-order chi connectivity index (χ0) is 6.85. The maximum atomic E-state index is 4.08. The second kappa shape index (κ2) is 2.21. The van der Waals surface area contributed by atoms with Gasteiger partial charge in [0, 0.05) is 0 Å². The highest BCUT2D eigenvalue weighted by molar-refractivity contribution is 6.02. The summed E-state index contributed by atoms with van der Waals surface area (Å²) in [6, 6.07) is 0. The predicted molar refractivity (Wildman–Crippen MR) is 39.4 cm³/mol. The third kappa shape index (κ3) is 1.12. The van der Waals surface area contributed by atoms with E-state index in [1.165, 1.54) is 0 Å². The van der Waals surface area contributed by atoms with Crippen LogP contribution < -0.4 is 5.43 Å². The molecule has 1 N–H and O–H groups in total. The van der Waals surface area contributed by atoms with E-state index in [4.69, 9.17) is 0 Å². The number of rotatable bonds is 1. The molecular formula is C7H12N2. The van der Waals surface area contributed by atoms with E-state index in [9.17, 15) is 0 Å². The molecule has 0 aliphatic carbocycles. The standard InChI is InChI=1S/C7H12N2/c1-5(2)7-6(3)4-8-9-7/h5,8H,3-4H2,1-2H3. The van der Waals surface area contributed by atoms with Crippen LogP contribution in [-0.4, -0.2) is 12.3 Å². The third-order valence-corrected chi connectivity index (χ3v) is 1.40. The molecule has 50 valence electrons. The summed E-state index contributed by atoms with van der Waals surface area (Å²) in [6.45, 7) is 8.93. The summed E-state index contributed by atoms with van der Waals surface area (Å²) in [6.07, 6.45) is 0. The molecule has 0 saturated heterocycles. The van der Waals surface area contributed by atoms with Crippen LogP contribution in [0.1, 0.15) is 13.8 Å². The molecule has 0 radical (unpaired) electrons. The van der Waals surface area contributed by atoms with Crippen molar-refractivity contribution in [3.63, 3.8) is 0 Å². The molecule has 2 heteroatoms. The van der Waals surface area contributed by atoms with Crippen LogP contribution in [0.5, 0.6) is 0 Å². The van der Waals surface area contributed by atoms with Crippen molar-refractivity contribution in [2.75, 3.05) is 6.54 Å². The maximum absolute atomic E-state index is 4.08. The van der Waals surface area contributed by atoms with E-state index < -0.39 is 0 Å². The molecule has 0 amide bonds. The quantitative estimate of drug-likeness (QED) is 0.557. The SMILES string of the molecule is C=C1CNN=C1C(C)C. The normalized spacial score (nSPS) is 18.1. The Balaban J connectivity index is 2.68. The van der Waals surface area contributed by atoms with Crippen molar-refractivity contribution >= 4 is 5.71 Å². The van der Waals surface area contributed by atoms with E-state index in [1.54, 1.807) is 0 Å². The fourth-order valence-electron chi connectivity index (χ4n) is 0.927. The molecule has 0 fully saturated rings. The van der Waals surface area contributed by atoms with Crippen LogP contribution in [0.4, 0.5) is 0 Å². The lowest BCUT2D eigenvalue weighted by Crippen LogP contribution is -2.06. The Kier molecular flexibility index (Phi) is 1.56. The lowest BCUT2D eigenvalue weighted by atomic mass is 10.0. The van der Waals surface area contributed by atoms with Gasteiger partial charge in [-0.15, -0.1) is 0 Å². The molecule has 0 bridgehead atoms. The zero-order valence-electron chi connectivity index (χ0n) is 5.94. The number of hydrazone groups is 1. The fraction of sp³-hybridized carbons (Fsp3) is 0.571. The molecule has 0 aromatic carbocycles. The van der Waals surface area contributed by atoms with E-state index in [2.05, 4.69) is 31.0 Å². The lowest BCUT2D eigenvalue weighted by Gasteiger charge is -2.01. The van der Waals surface area contributed by atoms with Crippen LogP contribution in [0.15, 0.2) is 17.3 Å². The van der Waals surface area contributed by atoms with Crippen molar-refractivity contribution in [3.05, 3.63) is 12.2 Å². The lowest BCUT2D eigenvalue weighted by molar-refractivity contribution is 0.841. The van der Waals surface area contributed by atoms with Gasteiger partial charge in [0.2, 0.25) is 0 Å². The molecule has 1 rings (SSSR count). The molecule has 1 heterocycles. The smallest absolute Gasteiger partial charge is 0.0672 e. The highest BCUT2D eigenvalue weighted by Gasteiger charge is 2.13. The molecule has 0 aromatic rings. The minimum Gasteiger partial charge on any atom is -0.305 e. The fourth-order valence-corrected chi connectivity index (χ4v) is 0.927. The second-order valence-electron chi connectivity index (χ2n) is 2.59. The first-order chi connectivity index (χ1) is 4.22. The van der Waals surface area contributed by atoms with Crippen molar-refractivity contribution in [1.82, 2.24) is 5.43 Å². The molecule has 0 spiro atoms. The summed E-state index contributed by atoms with van der Waals surface area (Å²) in [5, 5.41) is 4.08. The molecule has 0 aromatic heterocycles. The third-order valence-electron chi connectivity index (χ3n) is 1.40. The van der Waals surface area contributed by atoms with Gasteiger partial charge in [-0.3, -0.25) is 0 Å². The first-order valence-corrected chi connectivity index (χ1v) is 3.20. The predicted octanol–water partition coefficient (Wildman–Crippen LogP) is 1.16. The van der Waals surface area contributed by atoms with Crippen LogP contribution in [0.25, 0.3) is 0 Å². The van der Waals surface area contributed by atoms with Crippen molar-refractivity contribution in [2.45, 2.75) is 13.8 Å². The molecule has 9 heavy (non-hydrogen) atoms. The largest absolute Gasteiger partial charge is 0.305 e. The number of hydrogen-bond acceptors (Lipinski definition) is 2. The van der Waals surface area contributed by atoms with E-state index in [-0.39, 0.29) is 0 Å². The topological polar surface area (TPSA) is 24.4 Å². The van der Waals surface area contributed by atoms with Gasteiger partial charge in [-0.2, -0.15) is 5.10 Å². The first-order valence-electron chi connectivity index (χ1n) is 3.20. The first kappa shape index (κ1) is 6.33. The van der Waals surface area contributed by atoms with Gasteiger partial charge in [-0.05, 0) is 11.5 Å². The summed E-state index contributed by atoms with van der Waals surface area (Å²) in [7, 11) is 0. The monoisotopic (exact) mass is 124 g/mol. The molecular weight excluding hydrogens is 112 g/mol. The summed E-state index contributed by atoms with van der Waals surface area (Å²) in [4.78, 5) is 0. The Labute approximate surface area is 55.6 Å². The van der Waals surface area contributed by atoms with Crippen LogP contribution in [0, 0.1) is 5.92 Å². The van der Waals surface area contributed by atoms with E-state index in [1.807, 2.05) is 0 Å². The van der Waals surface area contributed by atoms with Gasteiger partial charge < -0.3 is 5.43 Å². The van der Waals surface area contributed by atoms with Crippen LogP contribution in [0.2, 0.25) is 0 Å². The number of nitrogens with zero attached hydrogens (tertiary/aromatic N) is 1. The number of hydrogen-bond donors (Lipinski definition) is 1. The highest BCUT2D eigenvalue weighted by atomic mass is 15.3. The Hall–Kier alpha value is -0.790. The molecule has 2 nitrogen and oxygen atoms in total. The summed E-state index contributed by atoms with van der Waals surface area (Å²) < 4.78 is 0. The highest BCUT2D eigenvalue weighted by Crippen LogP contribution is 2.08. The Bertz CT molecular complexity index is 156. The molecule has 0 unspecified atom stereocenters. The summed E-state index contributed by atoms with van der Waals surface area (Å²) >= 11 is 0. The average Bonchev–Trinajstić information content (AvgIpc) is 2.13. The maximum Gasteiger partial charge on any atom is 0.0672 e. The van der Waals surface area contributed by atoms with Crippen molar-refractivity contribution < 1.29 is 0 Å². The minimum atomic E-state index is 0.507. The van der Waals surface area contributed by atoms with Crippen molar-refractivity contribution in [2.24, 2.45) is 11.0 Å². The minimum absolute atomic E-state index is 0.507. The van der Waals surface area contributed by atoms with Crippen molar-refractivity contribution in [1.29, 1.82) is 0 Å². The second-order valence-corrected chi connectivity index (χ2v) is 2.59. The molecule has 0 saturated carbocycles. The Morgan fingerprint density at radius 2 is 2.33 bits per heavy atom. The Morgan fingerprint density at radius 1 is 1.67 bits per heavy atom. The van der Waals surface area contributed by atoms with Gasteiger partial charge in [0.25, 0.3) is 0 Å². The van der Waals surface area contributed by atoms with Crippen molar-refractivity contribution in [3.8, 4) is 0 Å². The molecule has 1 aliphatic heterocycles. The van der Waals surface area contributed by atoms with Gasteiger partial charge in [0.1, 0.15) is 0 Å². The van der Waals surface area contributed by atoms with Gasteiger partial charge in [0.15, 0.2) is 0 Å². The molecule has 1 aliphatic rings. The molecule has 0 atom stereocenters. The average molecular weight is 124 g/mol. The van der Waals surface area contributed by atoms with Crippen LogP contribution in [-0.2, 0) is 0 Å². The van der Waals surface area contributed by atoms with E-state index in [0.717, 1.165) is 17.8 Å². The van der Waals surface area contributed by atoms with Gasteiger partial charge in [-0.25, -0.2) is 0 Å². The van der Waals surface area contributed by atoms with E-state index in [0.29, 0.717) is 5.92 Å². The van der Waals surface area contributed by atoms with Crippen LogP contribution >= 0.6 is 0 Å². The van der Waals surface area contributed by atoms with Crippen LogP contribution in [0.3, 0.4) is 0 Å². The summed E-state index contributed by atoms with van der Waals surface area (Å²) in [5.74, 6) is 0.507. The zero-order valence-corrected chi connectivity index (χ0v) is 5.94. The van der Waals surface area contributed by atoms with Gasteiger partial charge >= 0.3 is 0 Å². The Morgan fingerprint density at radius 3 is 2.56 bits per heavy atom. The van der Waals surface area contributed by atoms with Gasteiger partial charge in [-0.1, -0.05) is 20.4 Å². The van der Waals surface area contributed by atoms with Gasteiger partial charge in [0.05, 0.1) is 12.3 Å². The number of nitrogens with one attached hydrogen (secondary N) is 1. The summed E-state index contributed by atoms with van der Waals surface area (Å²) in [5.41, 5.74) is 5.14. The van der Waals surface area contributed by atoms with E-state index >= 15 is 0 Å².